The normalized spacial score (nSPS) is 14.9. The zero-order chi connectivity index (χ0) is 20.1. The van der Waals surface area contributed by atoms with Crippen LogP contribution in [0.1, 0.15) is 24.4 Å². The molecular weight excluding hydrogens is 373 g/mol. The number of pyridine rings is 1. The number of benzene rings is 1. The van der Waals surface area contributed by atoms with Crippen molar-refractivity contribution in [1.82, 2.24) is 25.6 Å². The largest absolute Gasteiger partial charge is 0.483 e. The van der Waals surface area contributed by atoms with Crippen LogP contribution >= 0.6 is 0 Å². The molecule has 0 bridgehead atoms. The molecule has 3 N–H and O–H groups in total. The highest BCUT2D eigenvalue weighted by Crippen LogP contribution is 2.17. The van der Waals surface area contributed by atoms with Crippen molar-refractivity contribution in [3.05, 3.63) is 64.2 Å². The van der Waals surface area contributed by atoms with Crippen molar-refractivity contribution in [2.24, 2.45) is 5.92 Å². The first kappa shape index (κ1) is 19.5. The highest BCUT2D eigenvalue weighted by molar-refractivity contribution is 5.79. The smallest absolute Gasteiger partial charge is 0.258 e. The van der Waals surface area contributed by atoms with Gasteiger partial charge in [-0.05, 0) is 56.6 Å². The summed E-state index contributed by atoms with van der Waals surface area (Å²) in [5.41, 5.74) is 1.00. The fourth-order valence-electron chi connectivity index (χ4n) is 3.55. The second-order valence-corrected chi connectivity index (χ2v) is 7.21. The van der Waals surface area contributed by atoms with E-state index < -0.39 is 5.82 Å². The van der Waals surface area contributed by atoms with Gasteiger partial charge in [-0.2, -0.15) is 0 Å². The lowest BCUT2D eigenvalue weighted by molar-refractivity contribution is 0.281. The maximum Gasteiger partial charge on any atom is 0.258 e. The summed E-state index contributed by atoms with van der Waals surface area (Å²) in [6, 6.07) is 7.78. The summed E-state index contributed by atoms with van der Waals surface area (Å²) in [7, 11) is 0. The number of para-hydroxylation sites is 1. The van der Waals surface area contributed by atoms with Crippen molar-refractivity contribution in [3.8, 4) is 5.75 Å². The molecule has 1 aliphatic rings. The third-order valence-electron chi connectivity index (χ3n) is 5.13. The molecule has 152 valence electrons. The molecule has 3 heterocycles. The quantitative estimate of drug-likeness (QED) is 0.566. The van der Waals surface area contributed by atoms with E-state index in [1.807, 2.05) is 0 Å². The third-order valence-corrected chi connectivity index (χ3v) is 5.13. The Morgan fingerprint density at radius 3 is 2.86 bits per heavy atom. The Morgan fingerprint density at radius 2 is 2.03 bits per heavy atom. The van der Waals surface area contributed by atoms with Crippen LogP contribution in [0.4, 0.5) is 4.39 Å². The van der Waals surface area contributed by atoms with E-state index >= 15 is 0 Å². The predicted molar refractivity (Wildman–Crippen MR) is 108 cm³/mol. The molecule has 0 saturated carbocycles. The number of hydrogen-bond donors (Lipinski definition) is 3. The number of hydrogen-bond acceptors (Lipinski definition) is 6. The van der Waals surface area contributed by atoms with Gasteiger partial charge in [0.2, 0.25) is 0 Å². The van der Waals surface area contributed by atoms with Crippen molar-refractivity contribution in [1.29, 1.82) is 0 Å². The van der Waals surface area contributed by atoms with Crippen LogP contribution in [0, 0.1) is 11.7 Å². The zero-order valence-electron chi connectivity index (χ0n) is 16.1. The van der Waals surface area contributed by atoms with Crippen LogP contribution in [-0.2, 0) is 13.2 Å². The molecule has 0 amide bonds. The van der Waals surface area contributed by atoms with Gasteiger partial charge in [0.15, 0.2) is 11.6 Å². The van der Waals surface area contributed by atoms with Gasteiger partial charge in [-0.15, -0.1) is 0 Å². The molecule has 3 aromatic rings. The van der Waals surface area contributed by atoms with Crippen LogP contribution in [-0.4, -0.2) is 34.6 Å². The van der Waals surface area contributed by atoms with Gasteiger partial charge in [-0.25, -0.2) is 9.37 Å². The van der Waals surface area contributed by atoms with Gasteiger partial charge in [0.1, 0.15) is 17.9 Å². The lowest BCUT2D eigenvalue weighted by atomic mass is 9.98. The molecule has 4 rings (SSSR count). The number of aromatic amines is 1. The molecule has 2 aromatic heterocycles. The number of ether oxygens (including phenoxy) is 1. The van der Waals surface area contributed by atoms with Crippen molar-refractivity contribution in [2.45, 2.75) is 26.0 Å². The van der Waals surface area contributed by atoms with Crippen molar-refractivity contribution < 1.29 is 9.13 Å². The Balaban J connectivity index is 1.49. The molecule has 1 fully saturated rings. The first-order chi connectivity index (χ1) is 14.2. The summed E-state index contributed by atoms with van der Waals surface area (Å²) in [5.74, 6) is 0.635. The van der Waals surface area contributed by atoms with Crippen molar-refractivity contribution >= 4 is 10.9 Å². The van der Waals surface area contributed by atoms with Crippen molar-refractivity contribution in [3.63, 3.8) is 0 Å². The Bertz CT molecular complexity index is 1030. The van der Waals surface area contributed by atoms with Gasteiger partial charge in [-0.3, -0.25) is 9.78 Å². The number of fused-ring (bicyclic) bond motifs is 1. The highest BCUT2D eigenvalue weighted by atomic mass is 19.1. The van der Waals surface area contributed by atoms with Crippen LogP contribution in [0.2, 0.25) is 0 Å². The molecule has 29 heavy (non-hydrogen) atoms. The van der Waals surface area contributed by atoms with Gasteiger partial charge >= 0.3 is 0 Å². The van der Waals surface area contributed by atoms with Crippen LogP contribution in [0.25, 0.3) is 10.9 Å². The van der Waals surface area contributed by atoms with E-state index in [4.69, 9.17) is 4.74 Å². The molecule has 0 atom stereocenters. The minimum atomic E-state index is -0.458. The number of piperidine rings is 1. The third kappa shape index (κ3) is 4.78. The molecule has 1 aliphatic heterocycles. The second kappa shape index (κ2) is 9.11. The van der Waals surface area contributed by atoms with Crippen LogP contribution in [0.15, 0.2) is 41.3 Å². The Labute approximate surface area is 167 Å². The van der Waals surface area contributed by atoms with E-state index in [1.165, 1.54) is 12.1 Å². The molecule has 0 spiro atoms. The van der Waals surface area contributed by atoms with Gasteiger partial charge < -0.3 is 20.4 Å². The Morgan fingerprint density at radius 1 is 1.21 bits per heavy atom. The standard InChI is InChI=1S/C21H24FN5O2/c22-16-3-1-2-4-18(16)29-13-19-26-20-15(21(28)27-19)7-10-25-17(20)12-24-11-14-5-8-23-9-6-14/h1-4,7,10,14,23-24H,5-6,8-9,11-13H2,(H,26,27,28). The van der Waals surface area contributed by atoms with Gasteiger partial charge in [-0.1, -0.05) is 12.1 Å². The van der Waals surface area contributed by atoms with E-state index in [9.17, 15) is 9.18 Å². The molecule has 7 nitrogen and oxygen atoms in total. The zero-order valence-corrected chi connectivity index (χ0v) is 16.1. The van der Waals surface area contributed by atoms with Crippen LogP contribution in [0.5, 0.6) is 5.75 Å². The summed E-state index contributed by atoms with van der Waals surface area (Å²) >= 11 is 0. The summed E-state index contributed by atoms with van der Waals surface area (Å²) in [6.45, 7) is 3.52. The first-order valence-corrected chi connectivity index (χ1v) is 9.86. The number of rotatable bonds is 7. The Hall–Kier alpha value is -2.84. The number of halogens is 1. The van der Waals surface area contributed by atoms with E-state index in [-0.39, 0.29) is 17.9 Å². The first-order valence-electron chi connectivity index (χ1n) is 9.86. The van der Waals surface area contributed by atoms with Gasteiger partial charge in [0.25, 0.3) is 5.56 Å². The predicted octanol–water partition coefficient (Wildman–Crippen LogP) is 2.13. The molecular formula is C21H24FN5O2. The average molecular weight is 397 g/mol. The summed E-state index contributed by atoms with van der Waals surface area (Å²) in [4.78, 5) is 24.1. The molecule has 0 unspecified atom stereocenters. The highest BCUT2D eigenvalue weighted by Gasteiger charge is 2.14. The SMILES string of the molecule is O=c1[nH]c(COc2ccccc2F)nc2c(CNCC3CCNCC3)nccc12. The fourth-order valence-corrected chi connectivity index (χ4v) is 3.55. The monoisotopic (exact) mass is 397 g/mol. The van der Waals surface area contributed by atoms with Crippen molar-refractivity contribution in [2.75, 3.05) is 19.6 Å². The molecule has 1 saturated heterocycles. The van der Waals surface area contributed by atoms with Crippen LogP contribution in [0.3, 0.4) is 0 Å². The summed E-state index contributed by atoms with van der Waals surface area (Å²) in [6.07, 6.45) is 3.94. The minimum absolute atomic E-state index is 0.0387. The number of nitrogens with one attached hydrogen (secondary N) is 3. The van der Waals surface area contributed by atoms with Crippen LogP contribution < -0.4 is 20.9 Å². The fraction of sp³-hybridized carbons (Fsp3) is 0.381. The Kier molecular flexibility index (Phi) is 6.12. The second-order valence-electron chi connectivity index (χ2n) is 7.21. The topological polar surface area (TPSA) is 91.9 Å². The summed E-state index contributed by atoms with van der Waals surface area (Å²) < 4.78 is 19.2. The maximum atomic E-state index is 13.7. The van der Waals surface area contributed by atoms with E-state index in [1.54, 1.807) is 24.4 Å². The molecule has 0 radical (unpaired) electrons. The lowest BCUT2D eigenvalue weighted by Gasteiger charge is -2.22. The van der Waals surface area contributed by atoms with Gasteiger partial charge in [0.05, 0.1) is 11.1 Å². The number of aromatic nitrogens is 3. The van der Waals surface area contributed by atoms with E-state index in [0.29, 0.717) is 29.2 Å². The maximum absolute atomic E-state index is 13.7. The number of nitrogens with zero attached hydrogens (tertiary/aromatic N) is 2. The molecule has 1 aromatic carbocycles. The van der Waals surface area contributed by atoms with E-state index in [2.05, 4.69) is 25.6 Å². The summed E-state index contributed by atoms with van der Waals surface area (Å²) in [5, 5.41) is 7.29. The van der Waals surface area contributed by atoms with E-state index in [0.717, 1.165) is 38.2 Å². The average Bonchev–Trinajstić information content (AvgIpc) is 2.74. The lowest BCUT2D eigenvalue weighted by Crippen LogP contribution is -2.33. The molecule has 0 aliphatic carbocycles. The van der Waals surface area contributed by atoms with Gasteiger partial charge in [0, 0.05) is 12.7 Å². The minimum Gasteiger partial charge on any atom is -0.483 e. The number of H-pyrrole nitrogens is 1. The molecule has 8 heteroatoms.